The van der Waals surface area contributed by atoms with Gasteiger partial charge >= 0.3 is 6.36 Å². The van der Waals surface area contributed by atoms with Crippen LogP contribution in [0.1, 0.15) is 25.3 Å². The van der Waals surface area contributed by atoms with Crippen LogP contribution >= 0.6 is 0 Å². The first kappa shape index (κ1) is 20.2. The van der Waals surface area contributed by atoms with Crippen LogP contribution < -0.4 is 15.4 Å². The van der Waals surface area contributed by atoms with Gasteiger partial charge in [-0.15, -0.1) is 13.2 Å². The quantitative estimate of drug-likeness (QED) is 0.773. The average molecular weight is 392 g/mol. The standard InChI is InChI=1S/C21H23F3N2O2/c1-14-10-16(13-25-14)11-20(27)26-12-15-6-8-17(9-7-15)18-4-2-3-5-19(18)28-21(22,23)24/h2-9,14,16,25H,10-13H2,1H3,(H,26,27)/t14?,16-/m0/s1. The second-order valence-corrected chi connectivity index (χ2v) is 7.13. The summed E-state index contributed by atoms with van der Waals surface area (Å²) in [7, 11) is 0. The Hall–Kier alpha value is -2.54. The van der Waals surface area contributed by atoms with Crippen molar-refractivity contribution in [3.8, 4) is 16.9 Å². The lowest BCUT2D eigenvalue weighted by Crippen LogP contribution is -2.25. The third-order valence-corrected chi connectivity index (χ3v) is 4.78. The lowest BCUT2D eigenvalue weighted by molar-refractivity contribution is -0.274. The molecule has 150 valence electrons. The first-order chi connectivity index (χ1) is 13.3. The van der Waals surface area contributed by atoms with Crippen molar-refractivity contribution in [3.05, 3.63) is 54.1 Å². The monoisotopic (exact) mass is 392 g/mol. The molecular formula is C21H23F3N2O2. The number of halogens is 3. The van der Waals surface area contributed by atoms with Gasteiger partial charge in [0.15, 0.2) is 0 Å². The molecule has 28 heavy (non-hydrogen) atoms. The third kappa shape index (κ3) is 5.73. The van der Waals surface area contributed by atoms with Crippen LogP contribution in [0.25, 0.3) is 11.1 Å². The zero-order valence-electron chi connectivity index (χ0n) is 15.6. The van der Waals surface area contributed by atoms with Gasteiger partial charge in [0.25, 0.3) is 0 Å². The van der Waals surface area contributed by atoms with Crippen LogP contribution in [-0.4, -0.2) is 24.9 Å². The normalized spacial score (nSPS) is 19.4. The van der Waals surface area contributed by atoms with Crippen molar-refractivity contribution in [2.75, 3.05) is 6.54 Å². The molecule has 2 N–H and O–H groups in total. The van der Waals surface area contributed by atoms with Crippen LogP contribution in [0.5, 0.6) is 5.75 Å². The van der Waals surface area contributed by atoms with Crippen molar-refractivity contribution in [1.29, 1.82) is 0 Å². The molecule has 0 aromatic heterocycles. The fraction of sp³-hybridized carbons (Fsp3) is 0.381. The number of amides is 1. The number of rotatable bonds is 6. The number of para-hydroxylation sites is 1. The highest BCUT2D eigenvalue weighted by Crippen LogP contribution is 2.33. The summed E-state index contributed by atoms with van der Waals surface area (Å²) in [5.41, 5.74) is 1.85. The molecule has 0 aliphatic carbocycles. The number of alkyl halides is 3. The number of hydrogen-bond acceptors (Lipinski definition) is 3. The maximum absolute atomic E-state index is 12.6. The van der Waals surface area contributed by atoms with Gasteiger partial charge in [0.2, 0.25) is 5.91 Å². The fourth-order valence-corrected chi connectivity index (χ4v) is 3.45. The highest BCUT2D eigenvalue weighted by Gasteiger charge is 2.32. The number of hydrogen-bond donors (Lipinski definition) is 2. The van der Waals surface area contributed by atoms with Crippen molar-refractivity contribution in [2.45, 2.75) is 38.7 Å². The SMILES string of the molecule is CC1C[C@@H](CC(=O)NCc2ccc(-c3ccccc3OC(F)(F)F)cc2)CN1. The molecule has 1 amide bonds. The smallest absolute Gasteiger partial charge is 0.405 e. The second kappa shape index (κ2) is 8.65. The molecule has 3 rings (SSSR count). The molecule has 2 aromatic rings. The third-order valence-electron chi connectivity index (χ3n) is 4.78. The predicted octanol–water partition coefficient (Wildman–Crippen LogP) is 4.26. The Balaban J connectivity index is 1.59. The van der Waals surface area contributed by atoms with Gasteiger partial charge in [-0.25, -0.2) is 0 Å². The van der Waals surface area contributed by atoms with Gasteiger partial charge in [0.05, 0.1) is 0 Å². The maximum Gasteiger partial charge on any atom is 0.573 e. The van der Waals surface area contributed by atoms with Gasteiger partial charge in [0.1, 0.15) is 5.75 Å². The molecular weight excluding hydrogens is 369 g/mol. The van der Waals surface area contributed by atoms with Gasteiger partial charge in [-0.3, -0.25) is 4.79 Å². The van der Waals surface area contributed by atoms with Crippen molar-refractivity contribution in [3.63, 3.8) is 0 Å². The first-order valence-electron chi connectivity index (χ1n) is 9.24. The van der Waals surface area contributed by atoms with E-state index in [1.54, 1.807) is 36.4 Å². The van der Waals surface area contributed by atoms with Crippen molar-refractivity contribution in [1.82, 2.24) is 10.6 Å². The summed E-state index contributed by atoms with van der Waals surface area (Å²) in [5, 5.41) is 6.23. The first-order valence-corrected chi connectivity index (χ1v) is 9.24. The number of nitrogens with one attached hydrogen (secondary N) is 2. The zero-order chi connectivity index (χ0) is 20.1. The molecule has 2 atom stereocenters. The Morgan fingerprint density at radius 3 is 2.54 bits per heavy atom. The molecule has 1 saturated heterocycles. The highest BCUT2D eigenvalue weighted by atomic mass is 19.4. The number of carbonyl (C=O) groups is 1. The molecule has 7 heteroatoms. The minimum atomic E-state index is -4.74. The van der Waals surface area contributed by atoms with Gasteiger partial charge in [-0.1, -0.05) is 42.5 Å². The van der Waals surface area contributed by atoms with Crippen molar-refractivity contribution in [2.24, 2.45) is 5.92 Å². The van der Waals surface area contributed by atoms with E-state index < -0.39 is 6.36 Å². The Morgan fingerprint density at radius 2 is 1.89 bits per heavy atom. The van der Waals surface area contributed by atoms with E-state index >= 15 is 0 Å². The molecule has 0 bridgehead atoms. The van der Waals surface area contributed by atoms with E-state index in [-0.39, 0.29) is 11.7 Å². The van der Waals surface area contributed by atoms with E-state index in [0.29, 0.717) is 36.1 Å². The zero-order valence-corrected chi connectivity index (χ0v) is 15.6. The topological polar surface area (TPSA) is 50.4 Å². The van der Waals surface area contributed by atoms with E-state index in [1.165, 1.54) is 12.1 Å². The molecule has 1 aliphatic rings. The largest absolute Gasteiger partial charge is 0.573 e. The molecule has 4 nitrogen and oxygen atoms in total. The van der Waals surface area contributed by atoms with Gasteiger partial charge in [-0.05, 0) is 43.0 Å². The van der Waals surface area contributed by atoms with Crippen LogP contribution in [0.3, 0.4) is 0 Å². The molecule has 1 unspecified atom stereocenters. The molecule has 0 saturated carbocycles. The molecule has 0 spiro atoms. The van der Waals surface area contributed by atoms with E-state index in [2.05, 4.69) is 22.3 Å². The van der Waals surface area contributed by atoms with E-state index in [9.17, 15) is 18.0 Å². The van der Waals surface area contributed by atoms with Crippen molar-refractivity contribution < 1.29 is 22.7 Å². The molecule has 1 heterocycles. The summed E-state index contributed by atoms with van der Waals surface area (Å²) < 4.78 is 41.8. The minimum absolute atomic E-state index is 0.00824. The maximum atomic E-state index is 12.6. The number of benzene rings is 2. The van der Waals surface area contributed by atoms with Crippen LogP contribution in [0.2, 0.25) is 0 Å². The van der Waals surface area contributed by atoms with Crippen molar-refractivity contribution >= 4 is 5.91 Å². The molecule has 2 aromatic carbocycles. The lowest BCUT2D eigenvalue weighted by Gasteiger charge is -2.14. The van der Waals surface area contributed by atoms with E-state index in [1.807, 2.05) is 0 Å². The fourth-order valence-electron chi connectivity index (χ4n) is 3.45. The summed E-state index contributed by atoms with van der Waals surface area (Å²) in [6.07, 6.45) is -3.24. The van der Waals surface area contributed by atoms with Crippen LogP contribution in [0.4, 0.5) is 13.2 Å². The molecule has 0 radical (unpaired) electrons. The molecule has 1 aliphatic heterocycles. The summed E-state index contributed by atoms with van der Waals surface area (Å²) in [4.78, 5) is 12.1. The summed E-state index contributed by atoms with van der Waals surface area (Å²) in [6.45, 7) is 3.36. The summed E-state index contributed by atoms with van der Waals surface area (Å²) in [5.74, 6) is 0.131. The Bertz CT molecular complexity index is 806. The van der Waals surface area contributed by atoms with Gasteiger partial charge in [-0.2, -0.15) is 0 Å². The number of carbonyl (C=O) groups excluding carboxylic acids is 1. The second-order valence-electron chi connectivity index (χ2n) is 7.13. The lowest BCUT2D eigenvalue weighted by atomic mass is 10.0. The van der Waals surface area contributed by atoms with Crippen LogP contribution in [0, 0.1) is 5.92 Å². The predicted molar refractivity (Wildman–Crippen MR) is 101 cm³/mol. The summed E-state index contributed by atoms with van der Waals surface area (Å²) in [6, 6.07) is 13.5. The molecule has 1 fully saturated rings. The van der Waals surface area contributed by atoms with E-state index in [4.69, 9.17) is 0 Å². The Kier molecular flexibility index (Phi) is 6.24. The van der Waals surface area contributed by atoms with Crippen LogP contribution in [-0.2, 0) is 11.3 Å². The van der Waals surface area contributed by atoms with Gasteiger partial charge in [0, 0.05) is 24.6 Å². The summed E-state index contributed by atoms with van der Waals surface area (Å²) >= 11 is 0. The highest BCUT2D eigenvalue weighted by molar-refractivity contribution is 5.76. The Morgan fingerprint density at radius 1 is 1.18 bits per heavy atom. The van der Waals surface area contributed by atoms with Crippen LogP contribution in [0.15, 0.2) is 48.5 Å². The van der Waals surface area contributed by atoms with E-state index in [0.717, 1.165) is 18.5 Å². The minimum Gasteiger partial charge on any atom is -0.405 e. The van der Waals surface area contributed by atoms with Gasteiger partial charge < -0.3 is 15.4 Å². The number of ether oxygens (including phenoxy) is 1. The average Bonchev–Trinajstić information content (AvgIpc) is 3.04. The Labute approximate surface area is 162 Å².